The largest absolute Gasteiger partial charge is 0.397 e. The first kappa shape index (κ1) is 19.1. The highest BCUT2D eigenvalue weighted by Gasteiger charge is 2.27. The Hall–Kier alpha value is -3.26. The lowest BCUT2D eigenvalue weighted by atomic mass is 10.1. The van der Waals surface area contributed by atoms with Crippen molar-refractivity contribution in [3.8, 4) is 11.3 Å². The van der Waals surface area contributed by atoms with Gasteiger partial charge < -0.3 is 15.4 Å². The number of pyridine rings is 1. The number of fused-ring (bicyclic) bond motifs is 1. The van der Waals surface area contributed by atoms with Crippen LogP contribution in [0.15, 0.2) is 42.6 Å². The van der Waals surface area contributed by atoms with Crippen molar-refractivity contribution in [1.82, 2.24) is 19.7 Å². The standard InChI is InChI=1S/C21H22FN5O2/c1-29-9-8-27-12-14-11-26(13-20(14)25-27)21(28)10-19-17(23)6-7-18(24-19)15-4-2-3-5-16(15)22/h2-7,12H,8-11,13,23H2,1H3. The minimum Gasteiger partial charge on any atom is -0.397 e. The van der Waals surface area contributed by atoms with E-state index in [2.05, 4.69) is 10.1 Å². The molecule has 1 aliphatic rings. The number of aromatic nitrogens is 3. The first-order chi connectivity index (χ1) is 14.0. The van der Waals surface area contributed by atoms with Gasteiger partial charge in [-0.2, -0.15) is 5.10 Å². The van der Waals surface area contributed by atoms with Gasteiger partial charge in [0.05, 0.1) is 48.9 Å². The van der Waals surface area contributed by atoms with E-state index in [1.165, 1.54) is 6.07 Å². The number of carbonyl (C=O) groups is 1. The van der Waals surface area contributed by atoms with Gasteiger partial charge in [-0.15, -0.1) is 0 Å². The summed E-state index contributed by atoms with van der Waals surface area (Å²) in [6.45, 7) is 2.24. The second-order valence-corrected chi connectivity index (χ2v) is 7.00. The van der Waals surface area contributed by atoms with Crippen molar-refractivity contribution in [2.45, 2.75) is 26.1 Å². The Morgan fingerprint density at radius 1 is 1.24 bits per heavy atom. The van der Waals surface area contributed by atoms with E-state index in [-0.39, 0.29) is 18.1 Å². The average molecular weight is 395 g/mol. The van der Waals surface area contributed by atoms with Gasteiger partial charge >= 0.3 is 0 Å². The summed E-state index contributed by atoms with van der Waals surface area (Å²) in [4.78, 5) is 19.0. The molecule has 0 fully saturated rings. The number of methoxy groups -OCH3 is 1. The number of rotatable bonds is 6. The Kier molecular flexibility index (Phi) is 5.26. The molecule has 2 N–H and O–H groups in total. The summed E-state index contributed by atoms with van der Waals surface area (Å²) in [6, 6.07) is 9.73. The molecule has 8 heteroatoms. The normalized spacial score (nSPS) is 13.0. The molecule has 0 aliphatic carbocycles. The highest BCUT2D eigenvalue weighted by atomic mass is 19.1. The third kappa shape index (κ3) is 3.97. The zero-order valence-electron chi connectivity index (χ0n) is 16.1. The minimum atomic E-state index is -0.364. The van der Waals surface area contributed by atoms with Crippen molar-refractivity contribution in [3.05, 3.63) is 65.4 Å². The van der Waals surface area contributed by atoms with Crippen LogP contribution in [-0.4, -0.2) is 39.3 Å². The summed E-state index contributed by atoms with van der Waals surface area (Å²) < 4.78 is 21.0. The number of nitrogens with zero attached hydrogens (tertiary/aromatic N) is 4. The molecule has 1 amide bonds. The molecular formula is C21H22FN5O2. The molecule has 0 atom stereocenters. The minimum absolute atomic E-state index is 0.0576. The molecule has 3 heterocycles. The third-order valence-electron chi connectivity index (χ3n) is 4.98. The fourth-order valence-corrected chi connectivity index (χ4v) is 3.41. The van der Waals surface area contributed by atoms with Crippen molar-refractivity contribution in [3.63, 3.8) is 0 Å². The Bertz CT molecular complexity index is 1030. The fourth-order valence-electron chi connectivity index (χ4n) is 3.41. The fraction of sp³-hybridized carbons (Fsp3) is 0.286. The second kappa shape index (κ2) is 8.00. The van der Waals surface area contributed by atoms with Crippen molar-refractivity contribution >= 4 is 11.6 Å². The number of halogens is 1. The molecule has 1 aromatic carbocycles. The van der Waals surface area contributed by atoms with E-state index in [0.717, 1.165) is 11.3 Å². The molecule has 7 nitrogen and oxygen atoms in total. The summed E-state index contributed by atoms with van der Waals surface area (Å²) in [5, 5.41) is 4.51. The molecule has 29 heavy (non-hydrogen) atoms. The Morgan fingerprint density at radius 2 is 2.07 bits per heavy atom. The molecule has 150 valence electrons. The van der Waals surface area contributed by atoms with Crippen molar-refractivity contribution in [1.29, 1.82) is 0 Å². The van der Waals surface area contributed by atoms with Gasteiger partial charge in [-0.25, -0.2) is 4.39 Å². The molecule has 1 aliphatic heterocycles. The number of hydrogen-bond acceptors (Lipinski definition) is 5. The van der Waals surface area contributed by atoms with E-state index in [0.29, 0.717) is 48.9 Å². The molecule has 2 aromatic heterocycles. The topological polar surface area (TPSA) is 86.3 Å². The smallest absolute Gasteiger partial charge is 0.229 e. The zero-order valence-corrected chi connectivity index (χ0v) is 16.1. The number of nitrogens with two attached hydrogens (primary N) is 1. The Morgan fingerprint density at radius 3 is 2.83 bits per heavy atom. The number of nitrogen functional groups attached to an aromatic ring is 1. The number of hydrogen-bond donors (Lipinski definition) is 1. The summed E-state index contributed by atoms with van der Waals surface area (Å²) in [5.74, 6) is -0.450. The number of anilines is 1. The molecule has 0 saturated heterocycles. The molecule has 0 saturated carbocycles. The first-order valence-corrected chi connectivity index (χ1v) is 9.37. The van der Waals surface area contributed by atoms with Crippen LogP contribution in [0.3, 0.4) is 0 Å². The maximum Gasteiger partial charge on any atom is 0.229 e. The average Bonchev–Trinajstić information content (AvgIpc) is 3.27. The van der Waals surface area contributed by atoms with Gasteiger partial charge in [0, 0.05) is 31.0 Å². The summed E-state index contributed by atoms with van der Waals surface area (Å²) >= 11 is 0. The monoisotopic (exact) mass is 395 g/mol. The quantitative estimate of drug-likeness (QED) is 0.693. The molecular weight excluding hydrogens is 373 g/mol. The Balaban J connectivity index is 1.47. The van der Waals surface area contributed by atoms with Gasteiger partial charge in [0.2, 0.25) is 5.91 Å². The van der Waals surface area contributed by atoms with Crippen LogP contribution in [0.5, 0.6) is 0 Å². The predicted octanol–water partition coefficient (Wildman–Crippen LogP) is 2.40. The third-order valence-corrected chi connectivity index (χ3v) is 4.98. The van der Waals surface area contributed by atoms with Crippen LogP contribution >= 0.6 is 0 Å². The molecule has 0 radical (unpaired) electrons. The van der Waals surface area contributed by atoms with E-state index >= 15 is 0 Å². The molecule has 4 rings (SSSR count). The van der Waals surface area contributed by atoms with Crippen LogP contribution in [-0.2, 0) is 35.6 Å². The first-order valence-electron chi connectivity index (χ1n) is 9.37. The van der Waals surface area contributed by atoms with Crippen molar-refractivity contribution < 1.29 is 13.9 Å². The summed E-state index contributed by atoms with van der Waals surface area (Å²) in [7, 11) is 1.65. The highest BCUT2D eigenvalue weighted by Crippen LogP contribution is 2.25. The van der Waals surface area contributed by atoms with E-state index in [1.807, 2.05) is 10.9 Å². The van der Waals surface area contributed by atoms with Crippen molar-refractivity contribution in [2.24, 2.45) is 0 Å². The number of ether oxygens (including phenoxy) is 1. The van der Waals surface area contributed by atoms with Crippen LogP contribution in [0, 0.1) is 5.82 Å². The van der Waals surface area contributed by atoms with Crippen LogP contribution in [0.4, 0.5) is 10.1 Å². The lowest BCUT2D eigenvalue weighted by Crippen LogP contribution is -2.28. The van der Waals surface area contributed by atoms with Gasteiger partial charge in [0.25, 0.3) is 0 Å². The van der Waals surface area contributed by atoms with Crippen molar-refractivity contribution in [2.75, 3.05) is 19.5 Å². The van der Waals surface area contributed by atoms with Gasteiger partial charge in [-0.3, -0.25) is 14.5 Å². The Labute approximate surface area is 167 Å². The maximum atomic E-state index is 14.1. The molecule has 0 unspecified atom stereocenters. The summed E-state index contributed by atoms with van der Waals surface area (Å²) in [6.07, 6.45) is 2.01. The lowest BCUT2D eigenvalue weighted by Gasteiger charge is -2.16. The maximum absolute atomic E-state index is 14.1. The molecule has 0 spiro atoms. The van der Waals surface area contributed by atoms with Gasteiger partial charge in [0.15, 0.2) is 0 Å². The zero-order chi connectivity index (χ0) is 20.4. The van der Waals surface area contributed by atoms with Gasteiger partial charge in [-0.1, -0.05) is 12.1 Å². The number of carbonyl (C=O) groups excluding carboxylic acids is 1. The molecule has 0 bridgehead atoms. The van der Waals surface area contributed by atoms with Crippen LogP contribution in [0.1, 0.15) is 17.0 Å². The lowest BCUT2D eigenvalue weighted by molar-refractivity contribution is -0.131. The van der Waals surface area contributed by atoms with Gasteiger partial charge in [0.1, 0.15) is 5.82 Å². The van der Waals surface area contributed by atoms with Gasteiger partial charge in [-0.05, 0) is 24.3 Å². The number of benzene rings is 1. The van der Waals surface area contributed by atoms with E-state index in [1.54, 1.807) is 42.3 Å². The van der Waals surface area contributed by atoms with Crippen LogP contribution in [0.25, 0.3) is 11.3 Å². The van der Waals surface area contributed by atoms with Crippen LogP contribution < -0.4 is 5.73 Å². The highest BCUT2D eigenvalue weighted by molar-refractivity contribution is 5.80. The second-order valence-electron chi connectivity index (χ2n) is 7.00. The van der Waals surface area contributed by atoms with E-state index in [4.69, 9.17) is 10.5 Å². The molecule has 3 aromatic rings. The predicted molar refractivity (Wildman–Crippen MR) is 106 cm³/mol. The van der Waals surface area contributed by atoms with Crippen LogP contribution in [0.2, 0.25) is 0 Å². The van der Waals surface area contributed by atoms with E-state index in [9.17, 15) is 9.18 Å². The SMILES string of the molecule is COCCn1cc2c(n1)CN(C(=O)Cc1nc(-c3ccccc3F)ccc1N)C2. The summed E-state index contributed by atoms with van der Waals surface area (Å²) in [5.41, 5.74) is 9.67. The van der Waals surface area contributed by atoms with E-state index < -0.39 is 0 Å². The number of amides is 1.